The van der Waals surface area contributed by atoms with Crippen LogP contribution in [0.15, 0.2) is 18.2 Å². The third kappa shape index (κ3) is 2.50. The number of nitrogens with one attached hydrogen (secondary N) is 1. The predicted molar refractivity (Wildman–Crippen MR) is 83.3 cm³/mol. The van der Waals surface area contributed by atoms with Gasteiger partial charge in [-0.25, -0.2) is 4.98 Å². The SMILES string of the molecule is Cc1cccc2sc(NC(C)C(=O)N3CCCC3)nc12. The van der Waals surface area contributed by atoms with Crippen molar-refractivity contribution in [2.45, 2.75) is 32.7 Å². The van der Waals surface area contributed by atoms with E-state index in [1.54, 1.807) is 11.3 Å². The van der Waals surface area contributed by atoms with Crippen molar-refractivity contribution in [1.29, 1.82) is 0 Å². The largest absolute Gasteiger partial charge is 0.350 e. The fourth-order valence-corrected chi connectivity index (χ4v) is 3.64. The number of anilines is 1. The molecule has 0 bridgehead atoms. The minimum Gasteiger partial charge on any atom is -0.350 e. The lowest BCUT2D eigenvalue weighted by molar-refractivity contribution is -0.130. The lowest BCUT2D eigenvalue weighted by Crippen LogP contribution is -2.39. The monoisotopic (exact) mass is 289 g/mol. The van der Waals surface area contributed by atoms with Gasteiger partial charge < -0.3 is 10.2 Å². The number of para-hydroxylation sites is 1. The van der Waals surface area contributed by atoms with Gasteiger partial charge in [-0.15, -0.1) is 0 Å². The smallest absolute Gasteiger partial charge is 0.244 e. The standard InChI is InChI=1S/C15H19N3OS/c1-10-6-5-7-12-13(10)17-15(20-12)16-11(2)14(19)18-8-3-4-9-18/h5-7,11H,3-4,8-9H2,1-2H3,(H,16,17). The number of likely N-dealkylation sites (tertiary alicyclic amines) is 1. The quantitative estimate of drug-likeness (QED) is 0.944. The summed E-state index contributed by atoms with van der Waals surface area (Å²) in [4.78, 5) is 18.8. The zero-order chi connectivity index (χ0) is 14.1. The molecule has 1 aliphatic rings. The van der Waals surface area contributed by atoms with E-state index in [2.05, 4.69) is 29.4 Å². The normalized spacial score (nSPS) is 16.6. The summed E-state index contributed by atoms with van der Waals surface area (Å²) in [7, 11) is 0. The average molecular weight is 289 g/mol. The van der Waals surface area contributed by atoms with Gasteiger partial charge in [0.15, 0.2) is 5.13 Å². The molecule has 2 aromatic rings. The van der Waals surface area contributed by atoms with Crippen LogP contribution in [-0.4, -0.2) is 34.9 Å². The highest BCUT2D eigenvalue weighted by Crippen LogP contribution is 2.28. The first-order valence-corrected chi connectivity index (χ1v) is 7.88. The first kappa shape index (κ1) is 13.4. The minimum atomic E-state index is -0.214. The number of nitrogens with zero attached hydrogens (tertiary/aromatic N) is 2. The molecule has 1 N–H and O–H groups in total. The van der Waals surface area contributed by atoms with Crippen LogP contribution in [0, 0.1) is 6.92 Å². The number of hydrogen-bond acceptors (Lipinski definition) is 4. The van der Waals surface area contributed by atoms with Crippen molar-refractivity contribution in [3.63, 3.8) is 0 Å². The van der Waals surface area contributed by atoms with Gasteiger partial charge in [-0.05, 0) is 38.3 Å². The van der Waals surface area contributed by atoms with E-state index in [0.29, 0.717) is 0 Å². The van der Waals surface area contributed by atoms with E-state index in [9.17, 15) is 4.79 Å². The number of benzene rings is 1. The molecule has 2 heterocycles. The fraction of sp³-hybridized carbons (Fsp3) is 0.467. The Kier molecular flexibility index (Phi) is 3.61. The third-order valence-corrected chi connectivity index (χ3v) is 4.70. The van der Waals surface area contributed by atoms with Crippen LogP contribution in [-0.2, 0) is 4.79 Å². The van der Waals surface area contributed by atoms with E-state index in [0.717, 1.165) is 41.3 Å². The topological polar surface area (TPSA) is 45.2 Å². The van der Waals surface area contributed by atoms with Crippen LogP contribution >= 0.6 is 11.3 Å². The second-order valence-electron chi connectivity index (χ2n) is 5.34. The van der Waals surface area contributed by atoms with E-state index in [-0.39, 0.29) is 11.9 Å². The predicted octanol–water partition coefficient (Wildman–Crippen LogP) is 3.03. The van der Waals surface area contributed by atoms with E-state index in [1.165, 1.54) is 5.56 Å². The number of carbonyl (C=O) groups is 1. The average Bonchev–Trinajstić information content (AvgIpc) is 3.06. The summed E-state index contributed by atoms with van der Waals surface area (Å²) in [5.41, 5.74) is 2.20. The Balaban J connectivity index is 1.75. The summed E-state index contributed by atoms with van der Waals surface area (Å²) in [5.74, 6) is 0.179. The highest BCUT2D eigenvalue weighted by atomic mass is 32.1. The Morgan fingerprint density at radius 2 is 2.15 bits per heavy atom. The van der Waals surface area contributed by atoms with Crippen molar-refractivity contribution in [2.24, 2.45) is 0 Å². The van der Waals surface area contributed by atoms with E-state index in [4.69, 9.17) is 0 Å². The van der Waals surface area contributed by atoms with Crippen molar-refractivity contribution < 1.29 is 4.79 Å². The van der Waals surface area contributed by atoms with Crippen LogP contribution < -0.4 is 5.32 Å². The Morgan fingerprint density at radius 3 is 2.85 bits per heavy atom. The van der Waals surface area contributed by atoms with Crippen molar-refractivity contribution in [3.05, 3.63) is 23.8 Å². The Morgan fingerprint density at radius 1 is 1.40 bits per heavy atom. The number of hydrogen-bond donors (Lipinski definition) is 1. The van der Waals surface area contributed by atoms with Crippen molar-refractivity contribution in [2.75, 3.05) is 18.4 Å². The van der Waals surface area contributed by atoms with E-state index in [1.807, 2.05) is 17.9 Å². The summed E-state index contributed by atoms with van der Waals surface area (Å²) in [5, 5.41) is 4.08. The maximum absolute atomic E-state index is 12.3. The van der Waals surface area contributed by atoms with Gasteiger partial charge in [-0.2, -0.15) is 0 Å². The molecule has 1 aromatic heterocycles. The van der Waals surface area contributed by atoms with Crippen LogP contribution in [0.2, 0.25) is 0 Å². The Bertz CT molecular complexity index is 631. The van der Waals surface area contributed by atoms with Gasteiger partial charge in [-0.1, -0.05) is 23.5 Å². The fourth-order valence-electron chi connectivity index (χ4n) is 2.61. The molecule has 1 aromatic carbocycles. The molecule has 4 nitrogen and oxygen atoms in total. The van der Waals surface area contributed by atoms with Crippen molar-refractivity contribution >= 4 is 32.6 Å². The molecular weight excluding hydrogens is 270 g/mol. The summed E-state index contributed by atoms with van der Waals surface area (Å²) in [6.45, 7) is 5.76. The van der Waals surface area contributed by atoms with Gasteiger partial charge >= 0.3 is 0 Å². The highest BCUT2D eigenvalue weighted by Gasteiger charge is 2.23. The molecule has 0 aliphatic carbocycles. The molecule has 0 spiro atoms. The molecule has 1 atom stereocenters. The molecule has 106 valence electrons. The molecular formula is C15H19N3OS. The summed E-state index contributed by atoms with van der Waals surface area (Å²) < 4.78 is 1.16. The van der Waals surface area contributed by atoms with Crippen LogP contribution in [0.4, 0.5) is 5.13 Å². The molecule has 1 saturated heterocycles. The summed E-state index contributed by atoms with van der Waals surface area (Å²) in [6, 6.07) is 5.95. The molecule has 20 heavy (non-hydrogen) atoms. The number of amides is 1. The molecule has 0 saturated carbocycles. The Hall–Kier alpha value is -1.62. The van der Waals surface area contributed by atoms with E-state index >= 15 is 0 Å². The van der Waals surface area contributed by atoms with Crippen LogP contribution in [0.1, 0.15) is 25.3 Å². The zero-order valence-corrected chi connectivity index (χ0v) is 12.7. The zero-order valence-electron chi connectivity index (χ0n) is 11.8. The number of fused-ring (bicyclic) bond motifs is 1. The summed E-state index contributed by atoms with van der Waals surface area (Å²) in [6.07, 6.45) is 2.25. The number of aromatic nitrogens is 1. The van der Waals surface area contributed by atoms with Gasteiger partial charge in [0.2, 0.25) is 5.91 Å². The third-order valence-electron chi connectivity index (χ3n) is 3.75. The van der Waals surface area contributed by atoms with Crippen LogP contribution in [0.25, 0.3) is 10.2 Å². The lowest BCUT2D eigenvalue weighted by Gasteiger charge is -2.20. The minimum absolute atomic E-state index is 0.179. The molecule has 5 heteroatoms. The second kappa shape index (κ2) is 5.40. The van der Waals surface area contributed by atoms with E-state index < -0.39 is 0 Å². The van der Waals surface area contributed by atoms with Gasteiger partial charge in [0.05, 0.1) is 10.2 Å². The molecule has 3 rings (SSSR count). The second-order valence-corrected chi connectivity index (χ2v) is 6.37. The first-order chi connectivity index (χ1) is 9.65. The van der Waals surface area contributed by atoms with Gasteiger partial charge in [0, 0.05) is 13.1 Å². The van der Waals surface area contributed by atoms with Crippen LogP contribution in [0.5, 0.6) is 0 Å². The first-order valence-electron chi connectivity index (χ1n) is 7.06. The molecule has 1 aliphatic heterocycles. The Labute approximate surface area is 122 Å². The van der Waals surface area contributed by atoms with Crippen LogP contribution in [0.3, 0.4) is 0 Å². The highest BCUT2D eigenvalue weighted by molar-refractivity contribution is 7.22. The van der Waals surface area contributed by atoms with Gasteiger partial charge in [0.25, 0.3) is 0 Å². The van der Waals surface area contributed by atoms with Crippen molar-refractivity contribution in [1.82, 2.24) is 9.88 Å². The lowest BCUT2D eigenvalue weighted by atomic mass is 10.2. The van der Waals surface area contributed by atoms with Gasteiger partial charge in [-0.3, -0.25) is 4.79 Å². The molecule has 1 unspecified atom stereocenters. The maximum Gasteiger partial charge on any atom is 0.244 e. The molecule has 1 amide bonds. The van der Waals surface area contributed by atoms with Crippen molar-refractivity contribution in [3.8, 4) is 0 Å². The molecule has 0 radical (unpaired) electrons. The number of aryl methyl sites for hydroxylation is 1. The molecule has 1 fully saturated rings. The number of thiazole rings is 1. The number of carbonyl (C=O) groups excluding carboxylic acids is 1. The maximum atomic E-state index is 12.3. The number of rotatable bonds is 3. The van der Waals surface area contributed by atoms with Gasteiger partial charge in [0.1, 0.15) is 6.04 Å². The summed E-state index contributed by atoms with van der Waals surface area (Å²) >= 11 is 1.61.